The van der Waals surface area contributed by atoms with Crippen molar-refractivity contribution in [1.82, 2.24) is 19.9 Å². The zero-order valence-electron chi connectivity index (χ0n) is 17.7. The summed E-state index contributed by atoms with van der Waals surface area (Å²) >= 11 is 0. The van der Waals surface area contributed by atoms with Crippen molar-refractivity contribution in [3.8, 4) is 22.6 Å². The van der Waals surface area contributed by atoms with Crippen LogP contribution in [0.3, 0.4) is 0 Å². The minimum Gasteiger partial charge on any atom is -0.368 e. The Bertz CT molecular complexity index is 1020. The van der Waals surface area contributed by atoms with E-state index in [2.05, 4.69) is 45.9 Å². The van der Waals surface area contributed by atoms with Gasteiger partial charge in [0.1, 0.15) is 6.33 Å². The van der Waals surface area contributed by atoms with Gasteiger partial charge in [-0.15, -0.1) is 0 Å². The van der Waals surface area contributed by atoms with Crippen LogP contribution < -0.4 is 9.80 Å². The molecule has 0 saturated heterocycles. The molecule has 1 aliphatic carbocycles. The summed E-state index contributed by atoms with van der Waals surface area (Å²) in [6.45, 7) is 3.30. The highest BCUT2D eigenvalue weighted by Gasteiger charge is 2.36. The average Bonchev–Trinajstić information content (AvgIpc) is 3.33. The molecule has 5 rings (SSSR count). The Labute approximate surface area is 178 Å². The first kappa shape index (κ1) is 19.0. The van der Waals surface area contributed by atoms with Crippen molar-refractivity contribution < 1.29 is 0 Å². The Kier molecular flexibility index (Phi) is 5.07. The summed E-state index contributed by atoms with van der Waals surface area (Å²) in [7, 11) is 2.15. The quantitative estimate of drug-likeness (QED) is 0.639. The third-order valence-corrected chi connectivity index (χ3v) is 6.47. The van der Waals surface area contributed by atoms with Gasteiger partial charge in [0, 0.05) is 37.4 Å². The van der Waals surface area contributed by atoms with Gasteiger partial charge in [0.2, 0.25) is 0 Å². The Balaban J connectivity index is 1.63. The van der Waals surface area contributed by atoms with Gasteiger partial charge in [-0.2, -0.15) is 0 Å². The van der Waals surface area contributed by atoms with Crippen LogP contribution in [-0.2, 0) is 0 Å². The molecule has 1 atom stereocenters. The van der Waals surface area contributed by atoms with Gasteiger partial charge in [-0.25, -0.2) is 19.9 Å². The second-order valence-corrected chi connectivity index (χ2v) is 8.34. The van der Waals surface area contributed by atoms with Crippen molar-refractivity contribution >= 4 is 11.5 Å². The first-order chi connectivity index (χ1) is 14.8. The van der Waals surface area contributed by atoms with E-state index in [1.807, 2.05) is 30.6 Å². The number of hydrogen-bond donors (Lipinski definition) is 0. The molecule has 154 valence electrons. The number of fused-ring (bicyclic) bond motifs is 1. The minimum atomic E-state index is 0.481. The van der Waals surface area contributed by atoms with E-state index >= 15 is 0 Å². The number of benzene rings is 1. The van der Waals surface area contributed by atoms with Crippen LogP contribution in [0.2, 0.25) is 0 Å². The van der Waals surface area contributed by atoms with Crippen molar-refractivity contribution in [2.24, 2.45) is 0 Å². The molecular weight excluding hydrogens is 372 g/mol. The van der Waals surface area contributed by atoms with Gasteiger partial charge in [-0.05, 0) is 19.3 Å². The number of anilines is 2. The largest absolute Gasteiger partial charge is 0.368 e. The maximum atomic E-state index is 5.14. The fourth-order valence-electron chi connectivity index (χ4n) is 4.93. The van der Waals surface area contributed by atoms with E-state index in [9.17, 15) is 0 Å². The smallest absolute Gasteiger partial charge is 0.165 e. The Hall–Kier alpha value is -3.02. The molecule has 0 bridgehead atoms. The molecule has 1 aliphatic heterocycles. The topological polar surface area (TPSA) is 58.0 Å². The lowest BCUT2D eigenvalue weighted by Crippen LogP contribution is -2.52. The van der Waals surface area contributed by atoms with E-state index in [4.69, 9.17) is 9.97 Å². The first-order valence-electron chi connectivity index (χ1n) is 11.0. The van der Waals surface area contributed by atoms with Crippen molar-refractivity contribution in [3.63, 3.8) is 0 Å². The molecule has 6 nitrogen and oxygen atoms in total. The maximum absolute atomic E-state index is 5.14. The SMILES string of the molecule is CC[C@@H]1CN(C)c2cnc(-c3cncnc3-c3ccccc3)nc2N1C1CCCC1. The summed E-state index contributed by atoms with van der Waals surface area (Å²) < 4.78 is 0. The van der Waals surface area contributed by atoms with E-state index in [0.29, 0.717) is 17.9 Å². The number of nitrogens with zero attached hydrogens (tertiary/aromatic N) is 6. The highest BCUT2D eigenvalue weighted by Crippen LogP contribution is 2.40. The van der Waals surface area contributed by atoms with Gasteiger partial charge in [0.05, 0.1) is 23.1 Å². The van der Waals surface area contributed by atoms with E-state index in [1.54, 1.807) is 6.33 Å². The third kappa shape index (κ3) is 3.30. The van der Waals surface area contributed by atoms with Gasteiger partial charge >= 0.3 is 0 Å². The molecule has 3 aromatic rings. The van der Waals surface area contributed by atoms with Crippen LogP contribution in [0, 0.1) is 0 Å². The first-order valence-corrected chi connectivity index (χ1v) is 11.0. The van der Waals surface area contributed by atoms with Crippen molar-refractivity contribution in [2.45, 2.75) is 51.1 Å². The zero-order chi connectivity index (χ0) is 20.5. The molecule has 3 heterocycles. The van der Waals surface area contributed by atoms with E-state index in [0.717, 1.165) is 41.3 Å². The summed E-state index contributed by atoms with van der Waals surface area (Å²) in [5.41, 5.74) is 3.91. The Morgan fingerprint density at radius 2 is 1.83 bits per heavy atom. The molecule has 2 aromatic heterocycles. The number of aromatic nitrogens is 4. The number of rotatable bonds is 4. The lowest BCUT2D eigenvalue weighted by atomic mass is 10.0. The normalized spacial score (nSPS) is 19.2. The van der Waals surface area contributed by atoms with Crippen LogP contribution in [0.25, 0.3) is 22.6 Å². The zero-order valence-corrected chi connectivity index (χ0v) is 17.7. The Morgan fingerprint density at radius 3 is 2.60 bits per heavy atom. The second kappa shape index (κ2) is 8.01. The van der Waals surface area contributed by atoms with Crippen molar-refractivity contribution in [1.29, 1.82) is 0 Å². The molecule has 6 heteroatoms. The molecule has 0 spiro atoms. The molecule has 0 amide bonds. The van der Waals surface area contributed by atoms with Crippen LogP contribution in [0.1, 0.15) is 39.0 Å². The lowest BCUT2D eigenvalue weighted by Gasteiger charge is -2.45. The molecular formula is C24H28N6. The molecule has 2 aliphatic rings. The standard InChI is InChI=1S/C24H28N6/c1-3-18-15-29(2)21-14-26-23(28-24(21)30(18)19-11-7-8-12-19)20-13-25-16-27-22(20)17-9-5-4-6-10-17/h4-6,9-10,13-14,16,18-19H,3,7-8,11-12,15H2,1-2H3/t18-/m1/s1. The van der Waals surface area contributed by atoms with E-state index < -0.39 is 0 Å². The summed E-state index contributed by atoms with van der Waals surface area (Å²) in [5.74, 6) is 1.76. The highest BCUT2D eigenvalue weighted by molar-refractivity contribution is 5.79. The minimum absolute atomic E-state index is 0.481. The van der Waals surface area contributed by atoms with Crippen LogP contribution >= 0.6 is 0 Å². The van der Waals surface area contributed by atoms with Crippen LogP contribution in [-0.4, -0.2) is 45.6 Å². The fraction of sp³-hybridized carbons (Fsp3) is 0.417. The molecule has 30 heavy (non-hydrogen) atoms. The summed E-state index contributed by atoms with van der Waals surface area (Å²) in [6.07, 6.45) is 11.6. The van der Waals surface area contributed by atoms with Gasteiger partial charge in [-0.3, -0.25) is 0 Å². The van der Waals surface area contributed by atoms with Crippen molar-refractivity contribution in [3.05, 3.63) is 49.1 Å². The van der Waals surface area contributed by atoms with Gasteiger partial charge in [0.15, 0.2) is 11.6 Å². The van der Waals surface area contributed by atoms with Gasteiger partial charge in [0.25, 0.3) is 0 Å². The van der Waals surface area contributed by atoms with Crippen LogP contribution in [0.15, 0.2) is 49.1 Å². The molecule has 1 fully saturated rings. The predicted molar refractivity (Wildman–Crippen MR) is 121 cm³/mol. The predicted octanol–water partition coefficient (Wildman–Crippen LogP) is 4.58. The summed E-state index contributed by atoms with van der Waals surface area (Å²) in [6, 6.07) is 11.3. The number of likely N-dealkylation sites (N-methyl/N-ethyl adjacent to an activating group) is 1. The van der Waals surface area contributed by atoms with Crippen molar-refractivity contribution in [2.75, 3.05) is 23.4 Å². The highest BCUT2D eigenvalue weighted by atomic mass is 15.3. The second-order valence-electron chi connectivity index (χ2n) is 8.34. The Morgan fingerprint density at radius 1 is 1.03 bits per heavy atom. The van der Waals surface area contributed by atoms with E-state index in [-0.39, 0.29) is 0 Å². The molecule has 0 radical (unpaired) electrons. The summed E-state index contributed by atoms with van der Waals surface area (Å²) in [4.78, 5) is 23.6. The molecule has 0 unspecified atom stereocenters. The lowest BCUT2D eigenvalue weighted by molar-refractivity contribution is 0.476. The number of hydrogen-bond acceptors (Lipinski definition) is 6. The van der Waals surface area contributed by atoms with Gasteiger partial charge < -0.3 is 9.80 Å². The van der Waals surface area contributed by atoms with Crippen LogP contribution in [0.5, 0.6) is 0 Å². The van der Waals surface area contributed by atoms with E-state index in [1.165, 1.54) is 25.7 Å². The monoisotopic (exact) mass is 400 g/mol. The average molecular weight is 401 g/mol. The van der Waals surface area contributed by atoms with Gasteiger partial charge in [-0.1, -0.05) is 50.1 Å². The summed E-state index contributed by atoms with van der Waals surface area (Å²) in [5, 5.41) is 0. The fourth-order valence-corrected chi connectivity index (χ4v) is 4.93. The molecule has 0 N–H and O–H groups in total. The maximum Gasteiger partial charge on any atom is 0.165 e. The molecule has 1 saturated carbocycles. The van der Waals surface area contributed by atoms with Crippen LogP contribution in [0.4, 0.5) is 11.5 Å². The third-order valence-electron chi connectivity index (χ3n) is 6.47. The molecule has 1 aromatic carbocycles.